The molecular weight excluding hydrogens is 343 g/mol. The van der Waals surface area contributed by atoms with Gasteiger partial charge in [-0.15, -0.1) is 0 Å². The number of amides is 2. The van der Waals surface area contributed by atoms with Crippen LogP contribution in [0.3, 0.4) is 0 Å². The van der Waals surface area contributed by atoms with Crippen LogP contribution in [0.4, 0.5) is 10.1 Å². The van der Waals surface area contributed by atoms with Crippen molar-refractivity contribution in [1.82, 2.24) is 0 Å². The van der Waals surface area contributed by atoms with E-state index in [4.69, 9.17) is 21.2 Å². The van der Waals surface area contributed by atoms with Crippen LogP contribution in [0.25, 0.3) is 0 Å². The fraction of sp³-hybridized carbons (Fsp3) is 0.333. The second-order valence-corrected chi connectivity index (χ2v) is 5.74. The third kappa shape index (κ3) is 2.52. The Morgan fingerprint density at radius 1 is 1.46 bits per heavy atom. The highest BCUT2D eigenvalue weighted by molar-refractivity contribution is 6.39. The second-order valence-electron chi connectivity index (χ2n) is 5.33. The van der Waals surface area contributed by atoms with Crippen LogP contribution in [0.15, 0.2) is 23.4 Å². The third-order valence-corrected chi connectivity index (χ3v) is 4.02. The molecule has 24 heavy (non-hydrogen) atoms. The molecule has 0 aliphatic carbocycles. The van der Waals surface area contributed by atoms with Crippen molar-refractivity contribution >= 4 is 40.8 Å². The number of imide groups is 1. The third-order valence-electron chi connectivity index (χ3n) is 3.74. The van der Waals surface area contributed by atoms with Crippen LogP contribution in [0.2, 0.25) is 5.02 Å². The molecule has 2 amide bonds. The monoisotopic (exact) mass is 354 g/mol. The maximum absolute atomic E-state index is 13.3. The Balaban J connectivity index is 1.85. The van der Waals surface area contributed by atoms with Crippen LogP contribution < -0.4 is 4.90 Å². The summed E-state index contributed by atoms with van der Waals surface area (Å²) >= 11 is 5.70. The summed E-state index contributed by atoms with van der Waals surface area (Å²) in [4.78, 5) is 42.6. The molecule has 1 spiro atoms. The number of hydrogen-bond acceptors (Lipinski definition) is 6. The SMILES string of the molecule is CCOC(=O)C1=NOC2(CC(=O)N(c3ccc(F)c(Cl)c3)C2=O)C1. The lowest BCUT2D eigenvalue weighted by Gasteiger charge is -2.19. The number of ether oxygens (including phenoxy) is 1. The van der Waals surface area contributed by atoms with Gasteiger partial charge in [0.25, 0.3) is 5.91 Å². The van der Waals surface area contributed by atoms with E-state index in [9.17, 15) is 18.8 Å². The van der Waals surface area contributed by atoms with Crippen LogP contribution >= 0.6 is 11.6 Å². The van der Waals surface area contributed by atoms with Gasteiger partial charge in [-0.3, -0.25) is 9.59 Å². The maximum Gasteiger partial charge on any atom is 0.356 e. The molecule has 2 aliphatic heterocycles. The van der Waals surface area contributed by atoms with Gasteiger partial charge >= 0.3 is 5.97 Å². The van der Waals surface area contributed by atoms with Crippen LogP contribution in [0.5, 0.6) is 0 Å². The Bertz CT molecular complexity index is 781. The molecule has 0 radical (unpaired) electrons. The maximum atomic E-state index is 13.3. The Morgan fingerprint density at radius 3 is 2.88 bits per heavy atom. The molecule has 126 valence electrons. The van der Waals surface area contributed by atoms with Gasteiger partial charge in [0.1, 0.15) is 5.82 Å². The van der Waals surface area contributed by atoms with Gasteiger partial charge in [0.2, 0.25) is 11.5 Å². The van der Waals surface area contributed by atoms with E-state index in [1.807, 2.05) is 0 Å². The highest BCUT2D eigenvalue weighted by Crippen LogP contribution is 2.39. The first-order valence-electron chi connectivity index (χ1n) is 7.12. The number of esters is 1. The zero-order chi connectivity index (χ0) is 17.5. The van der Waals surface area contributed by atoms with Gasteiger partial charge in [-0.1, -0.05) is 16.8 Å². The number of nitrogens with zero attached hydrogens (tertiary/aromatic N) is 2. The van der Waals surface area contributed by atoms with Gasteiger partial charge < -0.3 is 9.57 Å². The molecule has 1 aromatic rings. The second kappa shape index (κ2) is 5.86. The zero-order valence-corrected chi connectivity index (χ0v) is 13.3. The van der Waals surface area contributed by atoms with E-state index in [-0.39, 0.29) is 35.9 Å². The normalized spacial score (nSPS) is 22.8. The lowest BCUT2D eigenvalue weighted by Crippen LogP contribution is -2.41. The molecule has 3 rings (SSSR count). The topological polar surface area (TPSA) is 85.3 Å². The van der Waals surface area contributed by atoms with E-state index in [0.717, 1.165) is 11.0 Å². The smallest absolute Gasteiger partial charge is 0.356 e. The number of hydrogen-bond donors (Lipinski definition) is 0. The highest BCUT2D eigenvalue weighted by atomic mass is 35.5. The number of rotatable bonds is 3. The van der Waals surface area contributed by atoms with Crippen molar-refractivity contribution in [3.8, 4) is 0 Å². The Hall–Kier alpha value is -2.48. The van der Waals surface area contributed by atoms with Crippen molar-refractivity contribution in [2.45, 2.75) is 25.4 Å². The summed E-state index contributed by atoms with van der Waals surface area (Å²) < 4.78 is 18.1. The highest BCUT2D eigenvalue weighted by Gasteiger charge is 2.58. The zero-order valence-electron chi connectivity index (χ0n) is 12.5. The quantitative estimate of drug-likeness (QED) is 0.610. The van der Waals surface area contributed by atoms with Crippen LogP contribution in [-0.4, -0.2) is 35.7 Å². The van der Waals surface area contributed by atoms with Gasteiger partial charge in [-0.05, 0) is 25.1 Å². The van der Waals surface area contributed by atoms with Gasteiger partial charge in [0.15, 0.2) is 5.71 Å². The first kappa shape index (κ1) is 16.4. The standard InChI is InChI=1S/C15H12ClFN2O5/c1-2-23-13(21)11-6-15(24-18-11)7-12(20)19(14(15)22)8-3-4-10(17)9(16)5-8/h3-5H,2,6-7H2,1H3. The largest absolute Gasteiger partial charge is 0.461 e. The molecule has 0 bridgehead atoms. The van der Waals surface area contributed by atoms with E-state index < -0.39 is 29.2 Å². The molecule has 1 saturated heterocycles. The van der Waals surface area contributed by atoms with Crippen molar-refractivity contribution in [3.05, 3.63) is 29.0 Å². The molecular formula is C15H12ClFN2O5. The lowest BCUT2D eigenvalue weighted by atomic mass is 9.95. The minimum Gasteiger partial charge on any atom is -0.461 e. The minimum atomic E-state index is -1.57. The van der Waals surface area contributed by atoms with Crippen molar-refractivity contribution in [2.75, 3.05) is 11.5 Å². The number of benzene rings is 1. The fourth-order valence-electron chi connectivity index (χ4n) is 2.61. The summed E-state index contributed by atoms with van der Waals surface area (Å²) in [7, 11) is 0. The number of carbonyl (C=O) groups excluding carboxylic acids is 3. The van der Waals surface area contributed by atoms with Crippen LogP contribution in [0.1, 0.15) is 19.8 Å². The van der Waals surface area contributed by atoms with E-state index in [0.29, 0.717) is 0 Å². The van der Waals surface area contributed by atoms with Gasteiger partial charge in [0, 0.05) is 0 Å². The summed E-state index contributed by atoms with van der Waals surface area (Å²) in [5.41, 5.74) is -1.50. The van der Waals surface area contributed by atoms with E-state index in [1.54, 1.807) is 6.92 Å². The van der Waals surface area contributed by atoms with Crippen molar-refractivity contribution in [2.24, 2.45) is 5.16 Å². The van der Waals surface area contributed by atoms with E-state index >= 15 is 0 Å². The van der Waals surface area contributed by atoms with E-state index in [1.165, 1.54) is 12.1 Å². The average Bonchev–Trinajstić information content (AvgIpc) is 3.06. The van der Waals surface area contributed by atoms with Gasteiger partial charge in [0.05, 0.1) is 30.2 Å². The molecule has 0 aromatic heterocycles. The Labute approximate surface area is 140 Å². The lowest BCUT2D eigenvalue weighted by molar-refractivity contribution is -0.136. The summed E-state index contributed by atoms with van der Waals surface area (Å²) in [6.45, 7) is 1.78. The summed E-state index contributed by atoms with van der Waals surface area (Å²) in [6, 6.07) is 3.49. The predicted molar refractivity (Wildman–Crippen MR) is 81.0 cm³/mol. The molecule has 0 saturated carbocycles. The number of oxime groups is 1. The van der Waals surface area contributed by atoms with Crippen molar-refractivity contribution in [3.63, 3.8) is 0 Å². The van der Waals surface area contributed by atoms with Gasteiger partial charge in [-0.2, -0.15) is 0 Å². The number of halogens is 2. The van der Waals surface area contributed by atoms with Crippen molar-refractivity contribution < 1.29 is 28.3 Å². The molecule has 2 heterocycles. The van der Waals surface area contributed by atoms with E-state index in [2.05, 4.69) is 5.16 Å². The molecule has 1 aromatic carbocycles. The molecule has 9 heteroatoms. The van der Waals surface area contributed by atoms with Crippen molar-refractivity contribution in [1.29, 1.82) is 0 Å². The molecule has 1 fully saturated rings. The number of carbonyl (C=O) groups is 3. The predicted octanol–water partition coefficient (Wildman–Crippen LogP) is 1.82. The van der Waals surface area contributed by atoms with Crippen LogP contribution in [-0.2, 0) is 24.0 Å². The Morgan fingerprint density at radius 2 is 2.21 bits per heavy atom. The first-order chi connectivity index (χ1) is 11.4. The van der Waals surface area contributed by atoms with Crippen LogP contribution in [0, 0.1) is 5.82 Å². The summed E-state index contributed by atoms with van der Waals surface area (Å²) in [6.07, 6.45) is -0.449. The summed E-state index contributed by atoms with van der Waals surface area (Å²) in [5, 5.41) is 3.37. The minimum absolute atomic E-state index is 0.0583. The molecule has 1 atom stereocenters. The molecule has 1 unspecified atom stereocenters. The molecule has 7 nitrogen and oxygen atoms in total. The molecule has 0 N–H and O–H groups in total. The number of anilines is 1. The fourth-order valence-corrected chi connectivity index (χ4v) is 2.79. The van der Waals surface area contributed by atoms with Gasteiger partial charge in [-0.25, -0.2) is 14.1 Å². The first-order valence-corrected chi connectivity index (χ1v) is 7.50. The molecule has 2 aliphatic rings. The Kier molecular flexibility index (Phi) is 4.00. The average molecular weight is 355 g/mol. The summed E-state index contributed by atoms with van der Waals surface area (Å²) in [5.74, 6) is -2.60.